The maximum absolute atomic E-state index is 11.0. The zero-order chi connectivity index (χ0) is 12.7. The first kappa shape index (κ1) is 13.7. The molecule has 0 spiro atoms. The summed E-state index contributed by atoms with van der Waals surface area (Å²) in [5, 5.41) is 0. The fourth-order valence-corrected chi connectivity index (χ4v) is 1.45. The minimum Gasteiger partial charge on any atom is -0.494 e. The second-order valence-electron chi connectivity index (χ2n) is 4.27. The minimum absolute atomic E-state index is 0.0215. The van der Waals surface area contributed by atoms with Crippen LogP contribution in [0.25, 0.3) is 0 Å². The third kappa shape index (κ3) is 5.00. The second kappa shape index (κ2) is 7.07. The molecule has 1 rings (SSSR count). The number of hydrogen-bond acceptors (Lipinski definition) is 3. The quantitative estimate of drug-likeness (QED) is 0.738. The Bertz CT molecular complexity index is 346. The Balaban J connectivity index is 2.47. The van der Waals surface area contributed by atoms with Crippen molar-refractivity contribution in [3.8, 4) is 5.75 Å². The van der Waals surface area contributed by atoms with Crippen LogP contribution in [-0.4, -0.2) is 18.4 Å². The number of nitrogens with two attached hydrogens (primary N) is 1. The smallest absolute Gasteiger partial charge is 0.146 e. The van der Waals surface area contributed by atoms with Gasteiger partial charge in [0.25, 0.3) is 0 Å². The van der Waals surface area contributed by atoms with E-state index < -0.39 is 6.04 Å². The summed E-state index contributed by atoms with van der Waals surface area (Å²) in [5.41, 5.74) is 6.77. The summed E-state index contributed by atoms with van der Waals surface area (Å²) in [4.78, 5) is 11.0. The van der Waals surface area contributed by atoms with Crippen LogP contribution in [0.3, 0.4) is 0 Å². The first-order valence-corrected chi connectivity index (χ1v) is 6.11. The molecule has 0 aliphatic carbocycles. The predicted octanol–water partition coefficient (Wildman–Crippen LogP) is 2.32. The zero-order valence-electron chi connectivity index (χ0n) is 10.6. The number of carbonyl (C=O) groups excluding carboxylic acids is 1. The van der Waals surface area contributed by atoms with Crippen molar-refractivity contribution in [1.82, 2.24) is 0 Å². The van der Waals surface area contributed by atoms with Gasteiger partial charge in [-0.2, -0.15) is 0 Å². The topological polar surface area (TPSA) is 52.3 Å². The van der Waals surface area contributed by atoms with E-state index >= 15 is 0 Å². The number of ketones is 1. The van der Waals surface area contributed by atoms with Crippen molar-refractivity contribution >= 4 is 5.78 Å². The fourth-order valence-electron chi connectivity index (χ4n) is 1.45. The molecule has 1 aromatic rings. The van der Waals surface area contributed by atoms with E-state index in [2.05, 4.69) is 6.92 Å². The van der Waals surface area contributed by atoms with Gasteiger partial charge in [0.1, 0.15) is 11.5 Å². The van der Waals surface area contributed by atoms with Crippen molar-refractivity contribution < 1.29 is 9.53 Å². The number of benzene rings is 1. The highest BCUT2D eigenvalue weighted by Crippen LogP contribution is 2.13. The summed E-state index contributed by atoms with van der Waals surface area (Å²) >= 11 is 0. The SMILES string of the molecule is CCCCOc1ccc(C[C@@H](N)C(C)=O)cc1. The van der Waals surface area contributed by atoms with Gasteiger partial charge in [-0.05, 0) is 37.5 Å². The molecule has 0 aliphatic rings. The molecule has 0 aromatic heterocycles. The lowest BCUT2D eigenvalue weighted by Crippen LogP contribution is -2.30. The molecule has 0 unspecified atom stereocenters. The van der Waals surface area contributed by atoms with Gasteiger partial charge in [0.05, 0.1) is 12.6 Å². The van der Waals surface area contributed by atoms with E-state index in [4.69, 9.17) is 10.5 Å². The van der Waals surface area contributed by atoms with Crippen LogP contribution in [0.15, 0.2) is 24.3 Å². The molecule has 0 aliphatic heterocycles. The lowest BCUT2D eigenvalue weighted by molar-refractivity contribution is -0.118. The van der Waals surface area contributed by atoms with Crippen molar-refractivity contribution in [3.05, 3.63) is 29.8 Å². The van der Waals surface area contributed by atoms with Gasteiger partial charge in [-0.3, -0.25) is 4.79 Å². The Labute approximate surface area is 103 Å². The Morgan fingerprint density at radius 1 is 1.35 bits per heavy atom. The monoisotopic (exact) mass is 235 g/mol. The molecular formula is C14H21NO2. The lowest BCUT2D eigenvalue weighted by Gasteiger charge is -2.09. The third-order valence-corrected chi connectivity index (χ3v) is 2.67. The van der Waals surface area contributed by atoms with Crippen molar-refractivity contribution in [2.75, 3.05) is 6.61 Å². The van der Waals surface area contributed by atoms with Crippen LogP contribution >= 0.6 is 0 Å². The maximum Gasteiger partial charge on any atom is 0.146 e. The first-order valence-electron chi connectivity index (χ1n) is 6.11. The second-order valence-corrected chi connectivity index (χ2v) is 4.27. The van der Waals surface area contributed by atoms with Gasteiger partial charge in [-0.1, -0.05) is 25.5 Å². The van der Waals surface area contributed by atoms with Crippen LogP contribution in [-0.2, 0) is 11.2 Å². The molecule has 94 valence electrons. The Morgan fingerprint density at radius 3 is 2.53 bits per heavy atom. The highest BCUT2D eigenvalue weighted by molar-refractivity contribution is 5.81. The maximum atomic E-state index is 11.0. The molecule has 0 radical (unpaired) electrons. The van der Waals surface area contributed by atoms with Crippen molar-refractivity contribution in [3.63, 3.8) is 0 Å². The summed E-state index contributed by atoms with van der Waals surface area (Å²) in [6.07, 6.45) is 2.78. The normalized spacial score (nSPS) is 12.2. The van der Waals surface area contributed by atoms with E-state index in [0.717, 1.165) is 30.8 Å². The van der Waals surface area contributed by atoms with E-state index in [9.17, 15) is 4.79 Å². The molecule has 0 heterocycles. The summed E-state index contributed by atoms with van der Waals surface area (Å²) in [6, 6.07) is 7.38. The van der Waals surface area contributed by atoms with Gasteiger partial charge in [0.15, 0.2) is 0 Å². The van der Waals surface area contributed by atoms with Crippen molar-refractivity contribution in [2.45, 2.75) is 39.2 Å². The molecule has 3 nitrogen and oxygen atoms in total. The number of ether oxygens (including phenoxy) is 1. The number of rotatable bonds is 7. The molecule has 3 heteroatoms. The lowest BCUT2D eigenvalue weighted by atomic mass is 10.0. The van der Waals surface area contributed by atoms with Crippen molar-refractivity contribution in [1.29, 1.82) is 0 Å². The molecule has 17 heavy (non-hydrogen) atoms. The average molecular weight is 235 g/mol. The third-order valence-electron chi connectivity index (χ3n) is 2.67. The zero-order valence-corrected chi connectivity index (χ0v) is 10.6. The van der Waals surface area contributed by atoms with Gasteiger partial charge in [-0.15, -0.1) is 0 Å². The van der Waals surface area contributed by atoms with E-state index in [1.54, 1.807) is 0 Å². The molecule has 1 atom stereocenters. The first-order chi connectivity index (χ1) is 8.13. The number of carbonyl (C=O) groups is 1. The predicted molar refractivity (Wildman–Crippen MR) is 69.2 cm³/mol. The van der Waals surface area contributed by atoms with Crippen LogP contribution in [0, 0.1) is 0 Å². The molecular weight excluding hydrogens is 214 g/mol. The van der Waals surface area contributed by atoms with Gasteiger partial charge >= 0.3 is 0 Å². The van der Waals surface area contributed by atoms with E-state index in [1.165, 1.54) is 6.92 Å². The highest BCUT2D eigenvalue weighted by Gasteiger charge is 2.08. The van der Waals surface area contributed by atoms with E-state index in [1.807, 2.05) is 24.3 Å². The molecule has 0 saturated carbocycles. The number of unbranched alkanes of at least 4 members (excludes halogenated alkanes) is 1. The van der Waals surface area contributed by atoms with E-state index in [0.29, 0.717) is 6.42 Å². The average Bonchev–Trinajstić information content (AvgIpc) is 2.31. The van der Waals surface area contributed by atoms with Crippen LogP contribution < -0.4 is 10.5 Å². The molecule has 0 bridgehead atoms. The summed E-state index contributed by atoms with van der Waals surface area (Å²) in [5.74, 6) is 0.895. The van der Waals surface area contributed by atoms with Crippen LogP contribution in [0.4, 0.5) is 0 Å². The fraction of sp³-hybridized carbons (Fsp3) is 0.500. The largest absolute Gasteiger partial charge is 0.494 e. The van der Waals surface area contributed by atoms with Gasteiger partial charge in [0.2, 0.25) is 0 Å². The molecule has 0 amide bonds. The Morgan fingerprint density at radius 2 is 2.00 bits per heavy atom. The summed E-state index contributed by atoms with van der Waals surface area (Å²) in [6.45, 7) is 4.41. The van der Waals surface area contributed by atoms with Gasteiger partial charge in [0, 0.05) is 0 Å². The summed E-state index contributed by atoms with van der Waals surface area (Å²) < 4.78 is 5.56. The standard InChI is InChI=1S/C14H21NO2/c1-3-4-9-17-13-7-5-12(6-8-13)10-14(15)11(2)16/h5-8,14H,3-4,9-10,15H2,1-2H3/t14-/m1/s1. The van der Waals surface area contributed by atoms with Crippen LogP contribution in [0.1, 0.15) is 32.3 Å². The molecule has 2 N–H and O–H groups in total. The van der Waals surface area contributed by atoms with Crippen molar-refractivity contribution in [2.24, 2.45) is 5.73 Å². The Kier molecular flexibility index (Phi) is 5.70. The number of hydrogen-bond donors (Lipinski definition) is 1. The van der Waals surface area contributed by atoms with Crippen LogP contribution in [0.5, 0.6) is 5.75 Å². The summed E-state index contributed by atoms with van der Waals surface area (Å²) in [7, 11) is 0. The number of Topliss-reactive ketones (excluding diaryl/α,β-unsaturated/α-hetero) is 1. The molecule has 0 saturated heterocycles. The van der Waals surface area contributed by atoms with Gasteiger partial charge in [-0.25, -0.2) is 0 Å². The molecule has 0 fully saturated rings. The van der Waals surface area contributed by atoms with Crippen LogP contribution in [0.2, 0.25) is 0 Å². The molecule has 1 aromatic carbocycles. The Hall–Kier alpha value is -1.35. The minimum atomic E-state index is -0.401. The van der Waals surface area contributed by atoms with Gasteiger partial charge < -0.3 is 10.5 Å². The highest BCUT2D eigenvalue weighted by atomic mass is 16.5. The van der Waals surface area contributed by atoms with E-state index in [-0.39, 0.29) is 5.78 Å².